The van der Waals surface area contributed by atoms with Gasteiger partial charge >= 0.3 is 0 Å². The number of carbonyl (C=O) groups excluding carboxylic acids is 1. The Balaban J connectivity index is 2.24. The lowest BCUT2D eigenvalue weighted by Gasteiger charge is -2.21. The molecule has 0 fully saturated rings. The van der Waals surface area contributed by atoms with Crippen LogP contribution in [0.25, 0.3) is 10.6 Å². The van der Waals surface area contributed by atoms with Crippen LogP contribution in [0.3, 0.4) is 0 Å². The van der Waals surface area contributed by atoms with Crippen LogP contribution in [0.4, 0.5) is 0 Å². The molecule has 124 valence electrons. The van der Waals surface area contributed by atoms with Crippen LogP contribution >= 0.6 is 22.9 Å². The number of amides is 1. The Labute approximate surface area is 145 Å². The summed E-state index contributed by atoms with van der Waals surface area (Å²) in [5.41, 5.74) is 1.49. The van der Waals surface area contributed by atoms with E-state index in [2.05, 4.69) is 10.3 Å². The largest absolute Gasteiger partial charge is 0.394 e. The summed E-state index contributed by atoms with van der Waals surface area (Å²) >= 11 is 7.52. The Morgan fingerprint density at radius 1 is 1.43 bits per heavy atom. The number of nitrogens with zero attached hydrogens (tertiary/aromatic N) is 1. The summed E-state index contributed by atoms with van der Waals surface area (Å²) in [7, 11) is 0. The third-order valence-electron chi connectivity index (χ3n) is 3.95. The van der Waals surface area contributed by atoms with Gasteiger partial charge in [-0.25, -0.2) is 4.98 Å². The van der Waals surface area contributed by atoms with Gasteiger partial charge < -0.3 is 10.4 Å². The van der Waals surface area contributed by atoms with E-state index < -0.39 is 0 Å². The summed E-state index contributed by atoms with van der Waals surface area (Å²) < 4.78 is 0. The quantitative estimate of drug-likeness (QED) is 0.828. The minimum absolute atomic E-state index is 0.0734. The van der Waals surface area contributed by atoms with Crippen molar-refractivity contribution < 1.29 is 9.90 Å². The van der Waals surface area contributed by atoms with E-state index in [9.17, 15) is 9.90 Å². The number of aliphatic hydroxyl groups excluding tert-OH is 1. The Bertz CT molecular complexity index is 687. The van der Waals surface area contributed by atoms with Crippen molar-refractivity contribution in [1.29, 1.82) is 0 Å². The van der Waals surface area contributed by atoms with Crippen molar-refractivity contribution in [2.24, 2.45) is 5.92 Å². The van der Waals surface area contributed by atoms with Gasteiger partial charge in [-0.15, -0.1) is 11.3 Å². The first-order valence-electron chi connectivity index (χ1n) is 7.62. The number of halogens is 1. The average molecular weight is 353 g/mol. The predicted octanol–water partition coefficient (Wildman–Crippen LogP) is 3.91. The molecule has 0 aliphatic rings. The van der Waals surface area contributed by atoms with Gasteiger partial charge in [-0.05, 0) is 18.9 Å². The number of hydrogen-bond donors (Lipinski definition) is 2. The van der Waals surface area contributed by atoms with Crippen LogP contribution < -0.4 is 5.32 Å². The van der Waals surface area contributed by atoms with Gasteiger partial charge in [0.2, 0.25) is 0 Å². The first kappa shape index (κ1) is 17.9. The molecule has 1 aromatic heterocycles. The Hall–Kier alpha value is -1.43. The number of hydrogen-bond acceptors (Lipinski definition) is 4. The van der Waals surface area contributed by atoms with Gasteiger partial charge in [-0.1, -0.05) is 50.1 Å². The van der Waals surface area contributed by atoms with Crippen LogP contribution in [0.5, 0.6) is 0 Å². The summed E-state index contributed by atoms with van der Waals surface area (Å²) in [5, 5.41) is 13.7. The molecule has 0 saturated heterocycles. The number of carbonyl (C=O) groups is 1. The van der Waals surface area contributed by atoms with Crippen LogP contribution in [-0.2, 0) is 0 Å². The van der Waals surface area contributed by atoms with Crippen molar-refractivity contribution in [2.75, 3.05) is 6.61 Å². The highest BCUT2D eigenvalue weighted by molar-refractivity contribution is 7.17. The summed E-state index contributed by atoms with van der Waals surface area (Å²) in [6, 6.07) is 7.19. The molecule has 6 heteroatoms. The maximum Gasteiger partial charge on any atom is 0.263 e. The van der Waals surface area contributed by atoms with E-state index in [1.54, 1.807) is 6.07 Å². The molecule has 1 amide bonds. The summed E-state index contributed by atoms with van der Waals surface area (Å²) in [5.74, 6) is 0.0119. The van der Waals surface area contributed by atoms with Crippen LogP contribution in [0.15, 0.2) is 24.3 Å². The molecule has 2 rings (SSSR count). The fourth-order valence-electron chi connectivity index (χ4n) is 2.24. The number of aliphatic hydroxyl groups is 1. The maximum absolute atomic E-state index is 12.5. The van der Waals surface area contributed by atoms with E-state index in [0.29, 0.717) is 15.6 Å². The van der Waals surface area contributed by atoms with Crippen molar-refractivity contribution in [1.82, 2.24) is 10.3 Å². The molecule has 23 heavy (non-hydrogen) atoms. The molecule has 2 aromatic rings. The SMILES string of the molecule is CC[C@H](C)[C@@H](CO)NC(=O)c1sc(-c2ccccc2Cl)nc1C. The number of rotatable bonds is 6. The summed E-state index contributed by atoms with van der Waals surface area (Å²) in [6.45, 7) is 5.78. The predicted molar refractivity (Wildman–Crippen MR) is 95.1 cm³/mol. The molecule has 2 atom stereocenters. The van der Waals surface area contributed by atoms with Gasteiger partial charge in [-0.3, -0.25) is 4.79 Å². The standard InChI is InChI=1S/C17H21ClN2O2S/c1-4-10(2)14(9-21)20-16(22)15-11(3)19-17(23-15)12-7-5-6-8-13(12)18/h5-8,10,14,21H,4,9H2,1-3H3,(H,20,22)/t10-,14+/m0/s1. The van der Waals surface area contributed by atoms with Crippen molar-refractivity contribution in [3.8, 4) is 10.6 Å². The lowest BCUT2D eigenvalue weighted by molar-refractivity contribution is 0.0895. The Kier molecular flexibility index (Phi) is 6.16. The molecular formula is C17H21ClN2O2S. The highest BCUT2D eigenvalue weighted by Crippen LogP contribution is 2.32. The second-order valence-electron chi connectivity index (χ2n) is 5.56. The molecule has 4 nitrogen and oxygen atoms in total. The molecule has 0 spiro atoms. The zero-order valence-corrected chi connectivity index (χ0v) is 15.0. The molecule has 0 unspecified atom stereocenters. The number of aryl methyl sites for hydroxylation is 1. The zero-order chi connectivity index (χ0) is 17.0. The minimum Gasteiger partial charge on any atom is -0.394 e. The number of nitrogens with one attached hydrogen (secondary N) is 1. The van der Waals surface area contributed by atoms with Gasteiger partial charge in [0.05, 0.1) is 23.4 Å². The van der Waals surface area contributed by atoms with Gasteiger partial charge in [0.1, 0.15) is 9.88 Å². The molecule has 0 bridgehead atoms. The Morgan fingerprint density at radius 2 is 2.13 bits per heavy atom. The van der Waals surface area contributed by atoms with Gasteiger partial charge in [0.25, 0.3) is 5.91 Å². The highest BCUT2D eigenvalue weighted by atomic mass is 35.5. The first-order valence-corrected chi connectivity index (χ1v) is 8.81. The lowest BCUT2D eigenvalue weighted by Crippen LogP contribution is -2.41. The van der Waals surface area contributed by atoms with Gasteiger partial charge in [0, 0.05) is 5.56 Å². The van der Waals surface area contributed by atoms with E-state index in [0.717, 1.165) is 17.0 Å². The first-order chi connectivity index (χ1) is 11.0. The van der Waals surface area contributed by atoms with Crippen molar-refractivity contribution in [3.05, 3.63) is 39.9 Å². The number of benzene rings is 1. The number of aromatic nitrogens is 1. The second kappa shape index (κ2) is 7.90. The van der Waals surface area contributed by atoms with Crippen molar-refractivity contribution >= 4 is 28.8 Å². The summed E-state index contributed by atoms with van der Waals surface area (Å²) in [4.78, 5) is 17.5. The molecular weight excluding hydrogens is 332 g/mol. The second-order valence-corrected chi connectivity index (χ2v) is 6.97. The molecule has 0 saturated carbocycles. The van der Waals surface area contributed by atoms with E-state index >= 15 is 0 Å². The van der Waals surface area contributed by atoms with Crippen LogP contribution in [0, 0.1) is 12.8 Å². The normalized spacial score (nSPS) is 13.6. The van der Waals surface area contributed by atoms with E-state index in [-0.39, 0.29) is 24.5 Å². The molecule has 0 radical (unpaired) electrons. The minimum atomic E-state index is -0.252. The molecule has 1 heterocycles. The Morgan fingerprint density at radius 3 is 2.74 bits per heavy atom. The molecule has 1 aromatic carbocycles. The molecule has 0 aliphatic carbocycles. The maximum atomic E-state index is 12.5. The zero-order valence-electron chi connectivity index (χ0n) is 13.5. The van der Waals surface area contributed by atoms with Crippen LogP contribution in [0.2, 0.25) is 5.02 Å². The van der Waals surface area contributed by atoms with Crippen molar-refractivity contribution in [3.63, 3.8) is 0 Å². The van der Waals surface area contributed by atoms with Crippen LogP contribution in [-0.4, -0.2) is 28.6 Å². The topological polar surface area (TPSA) is 62.2 Å². The van der Waals surface area contributed by atoms with E-state index in [1.165, 1.54) is 11.3 Å². The molecule has 0 aliphatic heterocycles. The van der Waals surface area contributed by atoms with E-state index in [1.807, 2.05) is 39.0 Å². The lowest BCUT2D eigenvalue weighted by atomic mass is 10.00. The van der Waals surface area contributed by atoms with Crippen LogP contribution in [0.1, 0.15) is 35.6 Å². The van der Waals surface area contributed by atoms with Gasteiger partial charge in [-0.2, -0.15) is 0 Å². The fraction of sp³-hybridized carbons (Fsp3) is 0.412. The third-order valence-corrected chi connectivity index (χ3v) is 5.47. The summed E-state index contributed by atoms with van der Waals surface area (Å²) in [6.07, 6.45) is 0.887. The average Bonchev–Trinajstić information content (AvgIpc) is 2.93. The number of thiazole rings is 1. The highest BCUT2D eigenvalue weighted by Gasteiger charge is 2.22. The van der Waals surface area contributed by atoms with E-state index in [4.69, 9.17) is 11.6 Å². The van der Waals surface area contributed by atoms with Gasteiger partial charge in [0.15, 0.2) is 0 Å². The third kappa shape index (κ3) is 4.10. The van der Waals surface area contributed by atoms with Crippen molar-refractivity contribution in [2.45, 2.75) is 33.2 Å². The molecule has 2 N–H and O–H groups in total. The monoisotopic (exact) mass is 352 g/mol. The smallest absolute Gasteiger partial charge is 0.263 e. The fourth-order valence-corrected chi connectivity index (χ4v) is 3.53.